The van der Waals surface area contributed by atoms with Crippen LogP contribution in [0.2, 0.25) is 0 Å². The molecule has 4 nitrogen and oxygen atoms in total. The highest BCUT2D eigenvalue weighted by Crippen LogP contribution is 2.75. The normalized spacial score (nSPS) is 54.1. The molecule has 4 heteroatoms. The SMILES string of the molecule is CC1(C)[C@@H](O)CC[C@]2(C)[C@H]3C(=O)C=C4[C@H]5C[C@@](C)(C(N)=O)CC[C@]5(C)CC[C@@]4(C)[C@]3(C)CC[C@@H]12. The molecule has 0 aliphatic heterocycles. The molecule has 0 saturated heterocycles. The first-order valence-electron chi connectivity index (χ1n) is 13.8. The number of nitrogens with two attached hydrogens (primary N) is 1. The fourth-order valence-corrected chi connectivity index (χ4v) is 10.4. The third kappa shape index (κ3) is 2.81. The molecule has 0 aromatic rings. The van der Waals surface area contributed by atoms with Gasteiger partial charge in [0.15, 0.2) is 5.78 Å². The average Bonchev–Trinajstić information content (AvgIpc) is 2.73. The van der Waals surface area contributed by atoms with Crippen molar-refractivity contribution in [2.45, 2.75) is 112 Å². The van der Waals surface area contributed by atoms with Gasteiger partial charge in [-0.25, -0.2) is 0 Å². The molecule has 0 radical (unpaired) electrons. The number of hydrogen-bond acceptors (Lipinski definition) is 3. The van der Waals surface area contributed by atoms with E-state index < -0.39 is 5.41 Å². The van der Waals surface area contributed by atoms with Crippen LogP contribution in [0.5, 0.6) is 0 Å². The summed E-state index contributed by atoms with van der Waals surface area (Å²) < 4.78 is 0. The fourth-order valence-electron chi connectivity index (χ4n) is 10.4. The van der Waals surface area contributed by atoms with Gasteiger partial charge in [0.1, 0.15) is 0 Å². The molecule has 34 heavy (non-hydrogen) atoms. The van der Waals surface area contributed by atoms with Crippen molar-refractivity contribution in [2.24, 2.45) is 56.0 Å². The van der Waals surface area contributed by atoms with Crippen LogP contribution < -0.4 is 5.73 Å². The molecule has 5 rings (SSSR count). The van der Waals surface area contributed by atoms with Gasteiger partial charge in [-0.1, -0.05) is 54.0 Å². The molecule has 4 saturated carbocycles. The smallest absolute Gasteiger partial charge is 0.223 e. The van der Waals surface area contributed by atoms with Gasteiger partial charge in [0.05, 0.1) is 6.10 Å². The monoisotopic (exact) mass is 469 g/mol. The van der Waals surface area contributed by atoms with E-state index in [-0.39, 0.29) is 50.9 Å². The molecular formula is C30H47NO3. The van der Waals surface area contributed by atoms with E-state index in [1.807, 2.05) is 6.92 Å². The van der Waals surface area contributed by atoms with Gasteiger partial charge in [-0.05, 0) is 103 Å². The number of carbonyl (C=O) groups is 2. The number of rotatable bonds is 1. The maximum absolute atomic E-state index is 14.2. The van der Waals surface area contributed by atoms with E-state index in [2.05, 4.69) is 47.6 Å². The topological polar surface area (TPSA) is 80.4 Å². The first kappa shape index (κ1) is 24.5. The van der Waals surface area contributed by atoms with Crippen LogP contribution in [0.25, 0.3) is 0 Å². The Bertz CT molecular complexity index is 968. The zero-order valence-corrected chi connectivity index (χ0v) is 22.6. The van der Waals surface area contributed by atoms with Gasteiger partial charge >= 0.3 is 0 Å². The van der Waals surface area contributed by atoms with Crippen molar-refractivity contribution in [2.75, 3.05) is 0 Å². The summed E-state index contributed by atoms with van der Waals surface area (Å²) >= 11 is 0. The molecule has 5 aliphatic carbocycles. The summed E-state index contributed by atoms with van der Waals surface area (Å²) in [5.74, 6) is 0.713. The highest BCUT2D eigenvalue weighted by molar-refractivity contribution is 5.95. The van der Waals surface area contributed by atoms with Gasteiger partial charge in [0, 0.05) is 11.3 Å². The second-order valence-corrected chi connectivity index (χ2v) is 15.0. The van der Waals surface area contributed by atoms with Gasteiger partial charge in [-0.2, -0.15) is 0 Å². The van der Waals surface area contributed by atoms with Crippen LogP contribution in [0.15, 0.2) is 11.6 Å². The van der Waals surface area contributed by atoms with Crippen LogP contribution in [0.4, 0.5) is 0 Å². The van der Waals surface area contributed by atoms with Gasteiger partial charge in [-0.3, -0.25) is 9.59 Å². The highest BCUT2D eigenvalue weighted by atomic mass is 16.3. The third-order valence-electron chi connectivity index (χ3n) is 13.1. The van der Waals surface area contributed by atoms with E-state index in [4.69, 9.17) is 5.73 Å². The molecule has 3 N–H and O–H groups in total. The number of primary amides is 1. The second-order valence-electron chi connectivity index (χ2n) is 15.0. The van der Waals surface area contributed by atoms with E-state index in [0.717, 1.165) is 57.8 Å². The predicted octanol–water partition coefficient (Wildman–Crippen LogP) is 5.81. The Hall–Kier alpha value is -1.16. The molecular weight excluding hydrogens is 422 g/mol. The van der Waals surface area contributed by atoms with Crippen molar-refractivity contribution in [1.29, 1.82) is 0 Å². The maximum atomic E-state index is 14.2. The lowest BCUT2D eigenvalue weighted by Gasteiger charge is -2.70. The Morgan fingerprint density at radius 2 is 1.59 bits per heavy atom. The molecule has 0 aromatic heterocycles. The lowest BCUT2D eigenvalue weighted by Crippen LogP contribution is -2.66. The Labute approximate surface area is 206 Å². The van der Waals surface area contributed by atoms with Gasteiger partial charge in [0.2, 0.25) is 5.91 Å². The predicted molar refractivity (Wildman–Crippen MR) is 135 cm³/mol. The summed E-state index contributed by atoms with van der Waals surface area (Å²) in [6.45, 7) is 16.1. The van der Waals surface area contributed by atoms with Crippen molar-refractivity contribution >= 4 is 11.7 Å². The number of amides is 1. The fraction of sp³-hybridized carbons (Fsp3) is 0.867. The number of fused-ring (bicyclic) bond motifs is 7. The highest BCUT2D eigenvalue weighted by Gasteiger charge is 2.70. The Balaban J connectivity index is 1.62. The second kappa shape index (κ2) is 6.99. The Morgan fingerprint density at radius 3 is 2.24 bits per heavy atom. The van der Waals surface area contributed by atoms with Crippen LogP contribution in [-0.2, 0) is 9.59 Å². The van der Waals surface area contributed by atoms with Crippen molar-refractivity contribution in [3.63, 3.8) is 0 Å². The first-order valence-corrected chi connectivity index (χ1v) is 13.8. The van der Waals surface area contributed by atoms with Crippen molar-refractivity contribution in [1.82, 2.24) is 0 Å². The molecule has 0 heterocycles. The van der Waals surface area contributed by atoms with Crippen LogP contribution in [0.1, 0.15) is 106 Å². The number of ketones is 1. The zero-order valence-electron chi connectivity index (χ0n) is 22.6. The van der Waals surface area contributed by atoms with Gasteiger partial charge in [0.25, 0.3) is 0 Å². The summed E-state index contributed by atoms with van der Waals surface area (Å²) in [6.07, 6.45) is 10.5. The quantitative estimate of drug-likeness (QED) is 0.508. The summed E-state index contributed by atoms with van der Waals surface area (Å²) in [7, 11) is 0. The first-order chi connectivity index (χ1) is 15.6. The average molecular weight is 470 g/mol. The Kier molecular flexibility index (Phi) is 5.04. The van der Waals surface area contributed by atoms with Crippen LogP contribution in [-0.4, -0.2) is 22.9 Å². The minimum Gasteiger partial charge on any atom is -0.393 e. The number of allylic oxidation sites excluding steroid dienone is 2. The molecule has 4 fully saturated rings. The lowest BCUT2D eigenvalue weighted by atomic mass is 9.33. The van der Waals surface area contributed by atoms with Gasteiger partial charge < -0.3 is 10.8 Å². The number of aliphatic hydroxyl groups excluding tert-OH is 1. The van der Waals surface area contributed by atoms with E-state index in [1.165, 1.54) is 5.57 Å². The lowest BCUT2D eigenvalue weighted by molar-refractivity contribution is -0.202. The van der Waals surface area contributed by atoms with Crippen LogP contribution in [0, 0.1) is 50.2 Å². The Morgan fingerprint density at radius 1 is 0.941 bits per heavy atom. The minimum atomic E-state index is -0.489. The molecule has 190 valence electrons. The summed E-state index contributed by atoms with van der Waals surface area (Å²) in [6, 6.07) is 0. The molecule has 0 aromatic carbocycles. The van der Waals surface area contributed by atoms with E-state index in [9.17, 15) is 14.7 Å². The molecule has 0 bridgehead atoms. The number of hydrogen-bond donors (Lipinski definition) is 2. The largest absolute Gasteiger partial charge is 0.393 e. The summed E-state index contributed by atoms with van der Waals surface area (Å²) in [5.41, 5.74) is 6.49. The molecule has 0 unspecified atom stereocenters. The summed E-state index contributed by atoms with van der Waals surface area (Å²) in [4.78, 5) is 26.7. The summed E-state index contributed by atoms with van der Waals surface area (Å²) in [5, 5.41) is 10.9. The minimum absolute atomic E-state index is 0.00487. The molecule has 0 spiro atoms. The molecule has 5 aliphatic rings. The maximum Gasteiger partial charge on any atom is 0.223 e. The van der Waals surface area contributed by atoms with E-state index >= 15 is 0 Å². The van der Waals surface area contributed by atoms with Gasteiger partial charge in [-0.15, -0.1) is 0 Å². The van der Waals surface area contributed by atoms with Crippen LogP contribution >= 0.6 is 0 Å². The van der Waals surface area contributed by atoms with Crippen molar-refractivity contribution < 1.29 is 14.7 Å². The van der Waals surface area contributed by atoms with Crippen LogP contribution in [0.3, 0.4) is 0 Å². The van der Waals surface area contributed by atoms with E-state index in [0.29, 0.717) is 11.7 Å². The molecule has 9 atom stereocenters. The van der Waals surface area contributed by atoms with Crippen molar-refractivity contribution in [3.05, 3.63) is 11.6 Å². The molecule has 1 amide bonds. The van der Waals surface area contributed by atoms with Crippen molar-refractivity contribution in [3.8, 4) is 0 Å². The number of carbonyl (C=O) groups excluding carboxylic acids is 2. The zero-order chi connectivity index (χ0) is 25.1. The number of aliphatic hydroxyl groups is 1. The van der Waals surface area contributed by atoms with E-state index in [1.54, 1.807) is 0 Å². The standard InChI is InChI=1S/C30H47NO3/c1-25(2)21-8-11-30(7)23(28(21,5)10-9-22(25)33)20(32)16-18-19-17-27(4,24(31)34)13-12-26(19,3)14-15-29(18,30)6/h16,19,21-23,33H,8-15,17H2,1-7H3,(H2,31,34)/t19-,21+,22+,23-,26-,27+,28+,29-,30-/m1/s1. The third-order valence-corrected chi connectivity index (χ3v) is 13.1.